The number of benzene rings is 6. The molecule has 4 aliphatic carbocycles. The van der Waals surface area contributed by atoms with Crippen LogP contribution in [0.1, 0.15) is 66.8 Å². The van der Waals surface area contributed by atoms with Gasteiger partial charge in [-0.05, 0) is 114 Å². The molecule has 0 radical (unpaired) electrons. The fraction of sp³-hybridized carbons (Fsp3) is 0.175. The van der Waals surface area contributed by atoms with Crippen molar-refractivity contribution in [2.45, 2.75) is 57.0 Å². The molecule has 2 aromatic heterocycles. The number of nitrogens with zero attached hydrogens (tertiary/aromatic N) is 4. The lowest BCUT2D eigenvalue weighted by molar-refractivity contribution is 0.566. The average Bonchev–Trinajstić information content (AvgIpc) is 3.91. The minimum atomic E-state index is -0.238. The lowest BCUT2D eigenvalue weighted by Gasteiger charge is -2.44. The molecule has 61 heavy (non-hydrogen) atoms. The van der Waals surface area contributed by atoms with Gasteiger partial charge in [0, 0.05) is 44.3 Å². The number of fused-ring (bicyclic) bond motifs is 12. The standard InChI is InChI=1S/C57H45N4/c1-57(2)48-22-9-5-18-41(48)46-33-36(27-30-49(46)57)54-45-29-26-35-14-3-4-17-40(35)55(45)59-56(58-54)37-15-13-16-38(32-37)60-52-25-12-8-21-44(52)47-34-39(28-31-53(47)60)61-50-23-10-6-19-42(50)43-20-7-11-24-51(43)61/h4-13,16-32,34,37,46,56H,3,14-15,33H2,1-2H3/q-1. The summed E-state index contributed by atoms with van der Waals surface area (Å²) in [5.41, 5.74) is 19.0. The highest BCUT2D eigenvalue weighted by Crippen LogP contribution is 2.55. The summed E-state index contributed by atoms with van der Waals surface area (Å²) >= 11 is 0. The molecule has 4 nitrogen and oxygen atoms in total. The van der Waals surface area contributed by atoms with Crippen LogP contribution in [-0.2, 0) is 11.8 Å². The summed E-state index contributed by atoms with van der Waals surface area (Å²) in [6, 6.07) is 47.1. The normalized spacial score (nSPS) is 21.0. The monoisotopic (exact) mass is 785 g/mol. The first kappa shape index (κ1) is 34.9. The van der Waals surface area contributed by atoms with Crippen LogP contribution < -0.4 is 0 Å². The largest absolute Gasteiger partial charge is 0.662 e. The smallest absolute Gasteiger partial charge is 0.0651 e. The Kier molecular flexibility index (Phi) is 7.46. The fourth-order valence-corrected chi connectivity index (χ4v) is 11.6. The zero-order valence-corrected chi connectivity index (χ0v) is 34.5. The van der Waals surface area contributed by atoms with Gasteiger partial charge in [-0.2, -0.15) is 0 Å². The van der Waals surface area contributed by atoms with Crippen LogP contribution in [0.5, 0.6) is 0 Å². The molecule has 4 heteroatoms. The van der Waals surface area contributed by atoms with Gasteiger partial charge in [0.2, 0.25) is 0 Å². The fourth-order valence-electron chi connectivity index (χ4n) is 11.6. The molecule has 3 unspecified atom stereocenters. The van der Waals surface area contributed by atoms with Gasteiger partial charge in [-0.1, -0.05) is 147 Å². The van der Waals surface area contributed by atoms with Crippen LogP contribution in [0.2, 0.25) is 0 Å². The second-order valence-corrected chi connectivity index (χ2v) is 18.1. The highest BCUT2D eigenvalue weighted by atomic mass is 15.1. The van der Waals surface area contributed by atoms with Crippen molar-refractivity contribution in [3.05, 3.63) is 208 Å². The zero-order valence-electron chi connectivity index (χ0n) is 34.5. The van der Waals surface area contributed by atoms with Crippen LogP contribution >= 0.6 is 0 Å². The Balaban J connectivity index is 0.932. The Morgan fingerprint density at radius 3 is 2.18 bits per heavy atom. The molecule has 0 fully saturated rings. The Morgan fingerprint density at radius 2 is 1.38 bits per heavy atom. The summed E-state index contributed by atoms with van der Waals surface area (Å²) < 4.78 is 4.88. The molecule has 0 saturated carbocycles. The number of aliphatic imine (C=N–C) groups is 1. The minimum Gasteiger partial charge on any atom is -0.662 e. The van der Waals surface area contributed by atoms with Gasteiger partial charge in [-0.3, -0.25) is 4.99 Å². The maximum atomic E-state index is 5.69. The van der Waals surface area contributed by atoms with E-state index in [4.69, 9.17) is 10.3 Å². The first-order valence-corrected chi connectivity index (χ1v) is 22.0. The molecule has 0 saturated heterocycles. The van der Waals surface area contributed by atoms with E-state index in [-0.39, 0.29) is 17.5 Å². The van der Waals surface area contributed by atoms with Crippen LogP contribution in [0.15, 0.2) is 180 Å². The minimum absolute atomic E-state index is 0.0202. The maximum absolute atomic E-state index is 5.69. The Hall–Kier alpha value is -6.91. The van der Waals surface area contributed by atoms with Crippen molar-refractivity contribution in [1.29, 1.82) is 0 Å². The van der Waals surface area contributed by atoms with E-state index in [1.165, 1.54) is 94.0 Å². The molecule has 0 N–H and O–H groups in total. The van der Waals surface area contributed by atoms with Gasteiger partial charge >= 0.3 is 0 Å². The second kappa shape index (κ2) is 13.0. The van der Waals surface area contributed by atoms with Gasteiger partial charge in [0.25, 0.3) is 0 Å². The molecule has 0 spiro atoms. The van der Waals surface area contributed by atoms with Crippen molar-refractivity contribution >= 4 is 66.8 Å². The third-order valence-corrected chi connectivity index (χ3v) is 14.5. The summed E-state index contributed by atoms with van der Waals surface area (Å²) in [6.45, 7) is 4.78. The van der Waals surface area contributed by atoms with Crippen molar-refractivity contribution in [3.8, 4) is 5.69 Å². The van der Waals surface area contributed by atoms with Crippen molar-refractivity contribution in [1.82, 2.24) is 9.13 Å². The second-order valence-electron chi connectivity index (χ2n) is 18.1. The number of rotatable bonds is 4. The highest BCUT2D eigenvalue weighted by molar-refractivity contribution is 6.19. The Labute approximate surface area is 356 Å². The number of aryl methyl sites for hydroxylation is 1. The SMILES string of the molecule is CC1(C)C2=CC=C(C3=NC(C4C=C(n5c6ccccc6c6cc(-n7c8ccccc8c8ccccc87)ccc65)C=CC4)[N-]c4c3ccc3c4C=CCC3)CC2c2ccccc21. The summed E-state index contributed by atoms with van der Waals surface area (Å²) in [6.07, 6.45) is 20.3. The predicted octanol–water partition coefficient (Wildman–Crippen LogP) is 14.4. The van der Waals surface area contributed by atoms with Gasteiger partial charge < -0.3 is 14.5 Å². The molecule has 1 aliphatic heterocycles. The Morgan fingerprint density at radius 1 is 0.672 bits per heavy atom. The summed E-state index contributed by atoms with van der Waals surface area (Å²) in [5.74, 6) is 0.461. The van der Waals surface area contributed by atoms with Gasteiger partial charge in [0.15, 0.2) is 0 Å². The van der Waals surface area contributed by atoms with Crippen LogP contribution in [0.3, 0.4) is 0 Å². The quantitative estimate of drug-likeness (QED) is 0.170. The molecule has 3 heterocycles. The molecule has 0 amide bonds. The van der Waals surface area contributed by atoms with Crippen molar-refractivity contribution in [2.75, 3.05) is 0 Å². The van der Waals surface area contributed by atoms with E-state index in [0.29, 0.717) is 5.92 Å². The molecule has 294 valence electrons. The molecule has 5 aliphatic rings. The topological polar surface area (TPSA) is 36.3 Å². The first-order valence-electron chi connectivity index (χ1n) is 22.0. The van der Waals surface area contributed by atoms with E-state index in [9.17, 15) is 0 Å². The van der Waals surface area contributed by atoms with Crippen molar-refractivity contribution < 1.29 is 0 Å². The zero-order chi connectivity index (χ0) is 40.4. The number of hydrogen-bond donors (Lipinski definition) is 0. The molecule has 8 aromatic rings. The van der Waals surface area contributed by atoms with E-state index < -0.39 is 0 Å². The molecule has 0 bridgehead atoms. The molecule has 6 aromatic carbocycles. The molecular weight excluding hydrogens is 741 g/mol. The van der Waals surface area contributed by atoms with Crippen molar-refractivity contribution in [3.63, 3.8) is 0 Å². The van der Waals surface area contributed by atoms with Gasteiger partial charge in [-0.25, -0.2) is 0 Å². The van der Waals surface area contributed by atoms with E-state index in [2.05, 4.69) is 193 Å². The molecule has 3 atom stereocenters. The summed E-state index contributed by atoms with van der Waals surface area (Å²) in [5, 5.41) is 10.7. The van der Waals surface area contributed by atoms with Crippen LogP contribution in [0, 0.1) is 5.92 Å². The van der Waals surface area contributed by atoms with Crippen LogP contribution in [-0.4, -0.2) is 21.0 Å². The third kappa shape index (κ3) is 5.08. The van der Waals surface area contributed by atoms with Crippen LogP contribution in [0.25, 0.3) is 66.4 Å². The number of allylic oxidation sites excluding steroid dienone is 8. The Bertz CT molecular complexity index is 3340. The average molecular weight is 786 g/mol. The third-order valence-electron chi connectivity index (χ3n) is 14.5. The number of hydrogen-bond acceptors (Lipinski definition) is 1. The lowest BCUT2D eigenvalue weighted by Crippen LogP contribution is -2.26. The maximum Gasteiger partial charge on any atom is 0.0651 e. The molecular formula is C57H45N4-. The van der Waals surface area contributed by atoms with Crippen molar-refractivity contribution in [2.24, 2.45) is 10.9 Å². The summed E-state index contributed by atoms with van der Waals surface area (Å²) in [7, 11) is 0. The highest BCUT2D eigenvalue weighted by Gasteiger charge is 2.43. The van der Waals surface area contributed by atoms with E-state index in [0.717, 1.165) is 37.1 Å². The first-order chi connectivity index (χ1) is 30.0. The van der Waals surface area contributed by atoms with Gasteiger partial charge in [0.1, 0.15) is 0 Å². The van der Waals surface area contributed by atoms with E-state index in [1.54, 1.807) is 0 Å². The van der Waals surface area contributed by atoms with E-state index >= 15 is 0 Å². The predicted molar refractivity (Wildman–Crippen MR) is 255 cm³/mol. The number of aromatic nitrogens is 2. The number of para-hydroxylation sites is 3. The van der Waals surface area contributed by atoms with Gasteiger partial charge in [0.05, 0.1) is 27.8 Å². The summed E-state index contributed by atoms with van der Waals surface area (Å²) in [4.78, 5) is 5.69. The lowest BCUT2D eigenvalue weighted by atomic mass is 9.76. The van der Waals surface area contributed by atoms with Gasteiger partial charge in [-0.15, -0.1) is 5.69 Å². The molecule has 13 rings (SSSR count). The van der Waals surface area contributed by atoms with Crippen LogP contribution in [0.4, 0.5) is 5.69 Å². The van der Waals surface area contributed by atoms with E-state index in [1.807, 2.05) is 0 Å².